The highest BCUT2D eigenvalue weighted by molar-refractivity contribution is 5.49. The first-order valence-corrected chi connectivity index (χ1v) is 7.45. The van der Waals surface area contributed by atoms with E-state index in [-0.39, 0.29) is 0 Å². The highest BCUT2D eigenvalue weighted by Gasteiger charge is 2.14. The first-order chi connectivity index (χ1) is 9.78. The number of methoxy groups -OCH3 is 2. The summed E-state index contributed by atoms with van der Waals surface area (Å²) in [7, 11) is 3.43. The lowest BCUT2D eigenvalue weighted by atomic mass is 10.0. The van der Waals surface area contributed by atoms with Gasteiger partial charge >= 0.3 is 0 Å². The molecule has 1 aliphatic rings. The Balaban J connectivity index is 2.11. The van der Waals surface area contributed by atoms with Gasteiger partial charge in [0.25, 0.3) is 0 Å². The second-order valence-electron chi connectivity index (χ2n) is 5.19. The van der Waals surface area contributed by atoms with Gasteiger partial charge in [-0.2, -0.15) is 0 Å². The molecule has 4 nitrogen and oxygen atoms in total. The van der Waals surface area contributed by atoms with Crippen LogP contribution in [-0.4, -0.2) is 51.8 Å². The molecule has 4 heteroatoms. The highest BCUT2D eigenvalue weighted by Crippen LogP contribution is 2.33. The topological polar surface area (TPSA) is 33.7 Å². The summed E-state index contributed by atoms with van der Waals surface area (Å²) in [6.45, 7) is 7.69. The molecule has 0 bridgehead atoms. The van der Waals surface area contributed by atoms with Crippen LogP contribution in [0.2, 0.25) is 0 Å². The number of nitrogens with zero attached hydrogens (tertiary/aromatic N) is 1. The van der Waals surface area contributed by atoms with Gasteiger partial charge in [-0.25, -0.2) is 0 Å². The molecule has 0 amide bonds. The summed E-state index contributed by atoms with van der Waals surface area (Å²) in [5, 5.41) is 3.39. The van der Waals surface area contributed by atoms with Crippen molar-refractivity contribution in [2.24, 2.45) is 0 Å². The number of aryl methyl sites for hydroxylation is 1. The van der Waals surface area contributed by atoms with Crippen molar-refractivity contribution in [3.8, 4) is 11.5 Å². The first-order valence-electron chi connectivity index (χ1n) is 7.45. The van der Waals surface area contributed by atoms with E-state index in [1.165, 1.54) is 11.1 Å². The molecule has 1 N–H and O–H groups in total. The second kappa shape index (κ2) is 7.50. The van der Waals surface area contributed by atoms with Gasteiger partial charge in [-0.3, -0.25) is 0 Å². The number of hydrogen-bond acceptors (Lipinski definition) is 4. The van der Waals surface area contributed by atoms with Crippen LogP contribution < -0.4 is 14.8 Å². The van der Waals surface area contributed by atoms with Crippen LogP contribution in [-0.2, 0) is 12.8 Å². The molecule has 1 heterocycles. The molecule has 0 aliphatic carbocycles. The van der Waals surface area contributed by atoms with Crippen molar-refractivity contribution in [2.45, 2.75) is 19.8 Å². The first kappa shape index (κ1) is 15.1. The van der Waals surface area contributed by atoms with E-state index >= 15 is 0 Å². The summed E-state index contributed by atoms with van der Waals surface area (Å²) in [6, 6.07) is 4.33. The number of rotatable bonds is 6. The molecule has 1 aliphatic heterocycles. The predicted molar refractivity (Wildman–Crippen MR) is 81.9 cm³/mol. The molecule has 112 valence electrons. The lowest BCUT2D eigenvalue weighted by Crippen LogP contribution is -2.44. The normalized spacial score (nSPS) is 16.1. The molecule has 1 fully saturated rings. The molecule has 0 atom stereocenters. The van der Waals surface area contributed by atoms with Crippen molar-refractivity contribution < 1.29 is 9.47 Å². The Morgan fingerprint density at radius 2 is 1.90 bits per heavy atom. The zero-order chi connectivity index (χ0) is 14.4. The summed E-state index contributed by atoms with van der Waals surface area (Å²) in [5.41, 5.74) is 2.56. The van der Waals surface area contributed by atoms with Gasteiger partial charge in [0, 0.05) is 32.7 Å². The maximum Gasteiger partial charge on any atom is 0.163 e. The Hall–Kier alpha value is -1.26. The van der Waals surface area contributed by atoms with Crippen LogP contribution in [0, 0.1) is 0 Å². The lowest BCUT2D eigenvalue weighted by molar-refractivity contribution is 0.242. The van der Waals surface area contributed by atoms with Crippen LogP contribution >= 0.6 is 0 Å². The summed E-state index contributed by atoms with van der Waals surface area (Å²) >= 11 is 0. The minimum Gasteiger partial charge on any atom is -0.493 e. The van der Waals surface area contributed by atoms with Crippen molar-refractivity contribution >= 4 is 0 Å². The molecule has 1 aromatic carbocycles. The number of nitrogens with one attached hydrogen (secondary N) is 1. The van der Waals surface area contributed by atoms with Gasteiger partial charge in [-0.05, 0) is 30.0 Å². The van der Waals surface area contributed by atoms with E-state index in [1.54, 1.807) is 14.2 Å². The third-order valence-corrected chi connectivity index (χ3v) is 3.93. The minimum atomic E-state index is 0.849. The summed E-state index contributed by atoms with van der Waals surface area (Å²) in [4.78, 5) is 2.50. The Kier molecular flexibility index (Phi) is 5.68. The number of ether oxygens (including phenoxy) is 2. The van der Waals surface area contributed by atoms with Crippen molar-refractivity contribution in [1.82, 2.24) is 10.2 Å². The van der Waals surface area contributed by atoms with E-state index in [4.69, 9.17) is 9.47 Å². The third kappa shape index (κ3) is 3.64. The standard InChI is InChI=1S/C16H26N2O2/c1-4-13-11-14(16(20-3)15(12-13)19-2)5-8-18-9-6-17-7-10-18/h11-12,17H,4-10H2,1-3H3. The van der Waals surface area contributed by atoms with Crippen LogP contribution in [0.15, 0.2) is 12.1 Å². The molecule has 2 rings (SSSR count). The van der Waals surface area contributed by atoms with Crippen LogP contribution in [0.1, 0.15) is 18.1 Å². The quantitative estimate of drug-likeness (QED) is 0.859. The molecule has 1 saturated heterocycles. The highest BCUT2D eigenvalue weighted by atomic mass is 16.5. The summed E-state index contributed by atoms with van der Waals surface area (Å²) in [6.07, 6.45) is 2.02. The third-order valence-electron chi connectivity index (χ3n) is 3.93. The monoisotopic (exact) mass is 278 g/mol. The Labute approximate surface area is 122 Å². The Morgan fingerprint density at radius 1 is 1.15 bits per heavy atom. The molecule has 1 aromatic rings. The minimum absolute atomic E-state index is 0.849. The Bertz CT molecular complexity index is 429. The van der Waals surface area contributed by atoms with Crippen molar-refractivity contribution in [3.63, 3.8) is 0 Å². The average Bonchev–Trinajstić information content (AvgIpc) is 2.52. The number of hydrogen-bond donors (Lipinski definition) is 1. The molecular formula is C16H26N2O2. The van der Waals surface area contributed by atoms with E-state index < -0.39 is 0 Å². The molecular weight excluding hydrogens is 252 g/mol. The fraction of sp³-hybridized carbons (Fsp3) is 0.625. The predicted octanol–water partition coefficient (Wildman–Crippen LogP) is 1.71. The second-order valence-corrected chi connectivity index (χ2v) is 5.19. The van der Waals surface area contributed by atoms with E-state index in [0.29, 0.717) is 0 Å². The molecule has 0 unspecified atom stereocenters. The van der Waals surface area contributed by atoms with Crippen LogP contribution in [0.5, 0.6) is 11.5 Å². The van der Waals surface area contributed by atoms with Gasteiger partial charge in [0.1, 0.15) is 0 Å². The number of piperazine rings is 1. The summed E-state index contributed by atoms with van der Waals surface area (Å²) in [5.74, 6) is 1.74. The van der Waals surface area contributed by atoms with E-state index in [1.807, 2.05) is 0 Å². The molecule has 0 radical (unpaired) electrons. The maximum absolute atomic E-state index is 5.55. The maximum atomic E-state index is 5.55. The van der Waals surface area contributed by atoms with Crippen molar-refractivity contribution in [1.29, 1.82) is 0 Å². The van der Waals surface area contributed by atoms with Gasteiger partial charge in [-0.1, -0.05) is 13.0 Å². The van der Waals surface area contributed by atoms with E-state index in [2.05, 4.69) is 29.3 Å². The average molecular weight is 278 g/mol. The molecule has 0 saturated carbocycles. The SMILES string of the molecule is CCc1cc(CCN2CCNCC2)c(OC)c(OC)c1. The zero-order valence-corrected chi connectivity index (χ0v) is 12.9. The molecule has 0 aromatic heterocycles. The Morgan fingerprint density at radius 3 is 2.50 bits per heavy atom. The zero-order valence-electron chi connectivity index (χ0n) is 12.9. The van der Waals surface area contributed by atoms with Crippen LogP contribution in [0.3, 0.4) is 0 Å². The van der Waals surface area contributed by atoms with Gasteiger partial charge in [-0.15, -0.1) is 0 Å². The van der Waals surface area contributed by atoms with Crippen molar-refractivity contribution in [2.75, 3.05) is 46.9 Å². The van der Waals surface area contributed by atoms with E-state index in [9.17, 15) is 0 Å². The fourth-order valence-corrected chi connectivity index (χ4v) is 2.71. The molecule has 20 heavy (non-hydrogen) atoms. The van der Waals surface area contributed by atoms with Gasteiger partial charge in [0.15, 0.2) is 11.5 Å². The smallest absolute Gasteiger partial charge is 0.163 e. The van der Waals surface area contributed by atoms with Crippen molar-refractivity contribution in [3.05, 3.63) is 23.3 Å². The van der Waals surface area contributed by atoms with Crippen LogP contribution in [0.4, 0.5) is 0 Å². The lowest BCUT2D eigenvalue weighted by Gasteiger charge is -2.27. The number of benzene rings is 1. The largest absolute Gasteiger partial charge is 0.493 e. The summed E-state index contributed by atoms with van der Waals surface area (Å²) < 4.78 is 11.0. The van der Waals surface area contributed by atoms with Gasteiger partial charge in [0.2, 0.25) is 0 Å². The van der Waals surface area contributed by atoms with E-state index in [0.717, 1.165) is 57.1 Å². The fourth-order valence-electron chi connectivity index (χ4n) is 2.71. The van der Waals surface area contributed by atoms with Gasteiger partial charge in [0.05, 0.1) is 14.2 Å². The van der Waals surface area contributed by atoms with Crippen LogP contribution in [0.25, 0.3) is 0 Å². The molecule has 0 spiro atoms. The van der Waals surface area contributed by atoms with Gasteiger partial charge < -0.3 is 19.7 Å².